The molecule has 0 bridgehead atoms. The summed E-state index contributed by atoms with van der Waals surface area (Å²) in [5.41, 5.74) is 0.922. The van der Waals surface area contributed by atoms with E-state index in [1.54, 1.807) is 19.2 Å². The molecule has 0 atom stereocenters. The standard InChI is InChI=1S/C16H26N2O3/c1-16(2,18-6-8-21-9-7-18)12-17-11-13-10-14(20-3)4-5-15(13)19/h4-5,10,17,19H,6-9,11-12H2,1-3H3. The summed E-state index contributed by atoms with van der Waals surface area (Å²) in [7, 11) is 1.63. The van der Waals surface area contributed by atoms with Crippen LogP contribution in [0, 0.1) is 0 Å². The Kier molecular flexibility index (Phi) is 5.45. The first kappa shape index (κ1) is 16.1. The van der Waals surface area contributed by atoms with E-state index in [1.165, 1.54) is 0 Å². The van der Waals surface area contributed by atoms with Gasteiger partial charge in [-0.25, -0.2) is 0 Å². The van der Waals surface area contributed by atoms with Crippen molar-refractivity contribution in [3.8, 4) is 11.5 Å². The summed E-state index contributed by atoms with van der Waals surface area (Å²) < 4.78 is 10.6. The third-order valence-electron chi connectivity index (χ3n) is 4.03. The van der Waals surface area contributed by atoms with E-state index in [1.807, 2.05) is 6.07 Å². The lowest BCUT2D eigenvalue weighted by Gasteiger charge is -2.41. The van der Waals surface area contributed by atoms with Gasteiger partial charge in [-0.2, -0.15) is 0 Å². The van der Waals surface area contributed by atoms with E-state index in [9.17, 15) is 5.11 Å². The number of nitrogens with one attached hydrogen (secondary N) is 1. The molecule has 0 radical (unpaired) electrons. The molecule has 0 spiro atoms. The van der Waals surface area contributed by atoms with Crippen molar-refractivity contribution in [1.82, 2.24) is 10.2 Å². The van der Waals surface area contributed by atoms with Gasteiger partial charge in [0.2, 0.25) is 0 Å². The highest BCUT2D eigenvalue weighted by atomic mass is 16.5. The number of morpholine rings is 1. The van der Waals surface area contributed by atoms with E-state index in [0.29, 0.717) is 12.3 Å². The Bertz CT molecular complexity index is 457. The number of aromatic hydroxyl groups is 1. The van der Waals surface area contributed by atoms with Crippen molar-refractivity contribution in [1.29, 1.82) is 0 Å². The molecule has 0 amide bonds. The maximum atomic E-state index is 9.89. The van der Waals surface area contributed by atoms with Crippen molar-refractivity contribution in [2.24, 2.45) is 0 Å². The number of hydrogen-bond acceptors (Lipinski definition) is 5. The zero-order chi connectivity index (χ0) is 15.3. The monoisotopic (exact) mass is 294 g/mol. The molecule has 5 heteroatoms. The molecular formula is C16H26N2O3. The van der Waals surface area contributed by atoms with E-state index in [0.717, 1.165) is 44.2 Å². The second-order valence-corrected chi connectivity index (χ2v) is 6.01. The predicted octanol–water partition coefficient (Wildman–Crippen LogP) is 1.60. The van der Waals surface area contributed by atoms with Crippen molar-refractivity contribution in [3.63, 3.8) is 0 Å². The van der Waals surface area contributed by atoms with E-state index >= 15 is 0 Å². The Morgan fingerprint density at radius 2 is 2.05 bits per heavy atom. The van der Waals surface area contributed by atoms with Crippen LogP contribution in [0.5, 0.6) is 11.5 Å². The van der Waals surface area contributed by atoms with Crippen LogP contribution in [0.4, 0.5) is 0 Å². The van der Waals surface area contributed by atoms with Crippen molar-refractivity contribution in [2.45, 2.75) is 25.9 Å². The molecule has 1 aliphatic rings. The van der Waals surface area contributed by atoms with Gasteiger partial charge in [0.05, 0.1) is 20.3 Å². The first-order valence-corrected chi connectivity index (χ1v) is 7.42. The molecule has 1 aliphatic heterocycles. The van der Waals surface area contributed by atoms with Gasteiger partial charge in [0.1, 0.15) is 11.5 Å². The van der Waals surface area contributed by atoms with Crippen molar-refractivity contribution in [2.75, 3.05) is 40.0 Å². The molecule has 0 aromatic heterocycles. The lowest BCUT2D eigenvalue weighted by molar-refractivity contribution is -0.00967. The second-order valence-electron chi connectivity index (χ2n) is 6.01. The van der Waals surface area contributed by atoms with Crippen LogP contribution >= 0.6 is 0 Å². The highest BCUT2D eigenvalue weighted by Crippen LogP contribution is 2.23. The van der Waals surface area contributed by atoms with Gasteiger partial charge in [-0.15, -0.1) is 0 Å². The Morgan fingerprint density at radius 3 is 2.71 bits per heavy atom. The first-order valence-electron chi connectivity index (χ1n) is 7.42. The first-order chi connectivity index (χ1) is 10.0. The quantitative estimate of drug-likeness (QED) is 0.835. The maximum Gasteiger partial charge on any atom is 0.120 e. The highest BCUT2D eigenvalue weighted by molar-refractivity contribution is 5.39. The van der Waals surface area contributed by atoms with Gasteiger partial charge in [-0.1, -0.05) is 0 Å². The lowest BCUT2D eigenvalue weighted by Crippen LogP contribution is -2.54. The summed E-state index contributed by atoms with van der Waals surface area (Å²) in [5.74, 6) is 1.06. The maximum absolute atomic E-state index is 9.89. The Morgan fingerprint density at radius 1 is 1.33 bits per heavy atom. The van der Waals surface area contributed by atoms with E-state index in [4.69, 9.17) is 9.47 Å². The van der Waals surface area contributed by atoms with Gasteiger partial charge < -0.3 is 19.9 Å². The smallest absolute Gasteiger partial charge is 0.120 e. The van der Waals surface area contributed by atoms with Crippen LogP contribution in [0.3, 0.4) is 0 Å². The summed E-state index contributed by atoms with van der Waals surface area (Å²) in [6, 6.07) is 5.30. The van der Waals surface area contributed by atoms with Gasteiger partial charge >= 0.3 is 0 Å². The van der Waals surface area contributed by atoms with Gasteiger partial charge in [0.25, 0.3) is 0 Å². The summed E-state index contributed by atoms with van der Waals surface area (Å²) in [4.78, 5) is 2.44. The molecule has 0 unspecified atom stereocenters. The largest absolute Gasteiger partial charge is 0.508 e. The normalized spacial score (nSPS) is 16.9. The second kappa shape index (κ2) is 7.11. The lowest BCUT2D eigenvalue weighted by atomic mass is 10.0. The third kappa shape index (κ3) is 4.33. The Labute approximate surface area is 126 Å². The van der Waals surface area contributed by atoms with Crippen LogP contribution in [-0.2, 0) is 11.3 Å². The van der Waals surface area contributed by atoms with E-state index in [-0.39, 0.29) is 5.54 Å². The number of ether oxygens (including phenoxy) is 2. The molecule has 118 valence electrons. The molecule has 5 nitrogen and oxygen atoms in total. The molecule has 1 aromatic carbocycles. The van der Waals surface area contributed by atoms with Crippen LogP contribution < -0.4 is 10.1 Å². The summed E-state index contributed by atoms with van der Waals surface area (Å²) in [6.45, 7) is 9.49. The molecule has 1 aromatic rings. The fourth-order valence-electron chi connectivity index (χ4n) is 2.61. The molecular weight excluding hydrogens is 268 g/mol. The fraction of sp³-hybridized carbons (Fsp3) is 0.625. The molecule has 0 saturated carbocycles. The third-order valence-corrected chi connectivity index (χ3v) is 4.03. The van der Waals surface area contributed by atoms with Gasteiger partial charge in [-0.05, 0) is 32.0 Å². The minimum Gasteiger partial charge on any atom is -0.508 e. The number of benzene rings is 1. The van der Waals surface area contributed by atoms with Crippen LogP contribution in [-0.4, -0.2) is 55.5 Å². The number of methoxy groups -OCH3 is 1. The van der Waals surface area contributed by atoms with Gasteiger partial charge in [0.15, 0.2) is 0 Å². The Hall–Kier alpha value is -1.30. The van der Waals surface area contributed by atoms with Crippen molar-refractivity contribution < 1.29 is 14.6 Å². The summed E-state index contributed by atoms with van der Waals surface area (Å²) >= 11 is 0. The minimum absolute atomic E-state index is 0.0677. The topological polar surface area (TPSA) is 54.0 Å². The van der Waals surface area contributed by atoms with Crippen LogP contribution in [0.2, 0.25) is 0 Å². The van der Waals surface area contributed by atoms with Crippen molar-refractivity contribution in [3.05, 3.63) is 23.8 Å². The molecule has 2 rings (SSSR count). The average molecular weight is 294 g/mol. The van der Waals surface area contributed by atoms with Crippen LogP contribution in [0.25, 0.3) is 0 Å². The number of phenols is 1. The molecule has 1 heterocycles. The summed E-state index contributed by atoms with van der Waals surface area (Å²) in [5, 5.41) is 13.3. The number of nitrogens with zero attached hydrogens (tertiary/aromatic N) is 1. The van der Waals surface area contributed by atoms with Gasteiger partial charge in [-0.3, -0.25) is 4.90 Å². The Balaban J connectivity index is 1.88. The van der Waals surface area contributed by atoms with E-state index in [2.05, 4.69) is 24.1 Å². The number of rotatable bonds is 6. The number of hydrogen-bond donors (Lipinski definition) is 2. The average Bonchev–Trinajstić information content (AvgIpc) is 2.50. The predicted molar refractivity (Wildman–Crippen MR) is 82.8 cm³/mol. The van der Waals surface area contributed by atoms with Crippen LogP contribution in [0.15, 0.2) is 18.2 Å². The van der Waals surface area contributed by atoms with Gasteiger partial charge in [0, 0.05) is 37.3 Å². The zero-order valence-electron chi connectivity index (χ0n) is 13.2. The molecule has 1 saturated heterocycles. The molecule has 1 fully saturated rings. The van der Waals surface area contributed by atoms with Crippen LogP contribution in [0.1, 0.15) is 19.4 Å². The summed E-state index contributed by atoms with van der Waals surface area (Å²) in [6.07, 6.45) is 0. The fourth-order valence-corrected chi connectivity index (χ4v) is 2.61. The SMILES string of the molecule is COc1ccc(O)c(CNCC(C)(C)N2CCOCC2)c1. The van der Waals surface area contributed by atoms with E-state index < -0.39 is 0 Å². The number of phenolic OH excluding ortho intramolecular Hbond substituents is 1. The zero-order valence-corrected chi connectivity index (χ0v) is 13.2. The van der Waals surface area contributed by atoms with Crippen molar-refractivity contribution >= 4 is 0 Å². The molecule has 2 N–H and O–H groups in total. The highest BCUT2D eigenvalue weighted by Gasteiger charge is 2.27. The minimum atomic E-state index is 0.0677. The molecule has 0 aliphatic carbocycles. The molecule has 21 heavy (non-hydrogen) atoms.